The molecule has 1 N–H and O–H groups in total. The summed E-state index contributed by atoms with van der Waals surface area (Å²) < 4.78 is 23.8. The van der Waals surface area contributed by atoms with Crippen molar-refractivity contribution in [1.82, 2.24) is 15.5 Å². The molecule has 0 aliphatic carbocycles. The molecular weight excluding hydrogens is 273 g/mol. The van der Waals surface area contributed by atoms with Crippen LogP contribution < -0.4 is 10.1 Å². The molecule has 0 radical (unpaired) electrons. The van der Waals surface area contributed by atoms with Gasteiger partial charge in [0.2, 0.25) is 11.7 Å². The predicted molar refractivity (Wildman–Crippen MR) is 75.7 cm³/mol. The number of ether oxygens (including phenoxy) is 1. The molecule has 0 amide bonds. The maximum absolute atomic E-state index is 13.4. The lowest BCUT2D eigenvalue weighted by atomic mass is 9.93. The lowest BCUT2D eigenvalue weighted by Crippen LogP contribution is -2.34. The Bertz CT molecular complexity index is 629. The summed E-state index contributed by atoms with van der Waals surface area (Å²) in [5.41, 5.74) is 0.685. The molecule has 0 bridgehead atoms. The molecule has 1 saturated heterocycles. The number of nitrogens with one attached hydrogen (secondary N) is 1. The highest BCUT2D eigenvalue weighted by Crippen LogP contribution is 2.29. The number of aromatic nitrogens is 2. The number of benzene rings is 1. The molecule has 2 aromatic rings. The van der Waals surface area contributed by atoms with Crippen LogP contribution in [0.2, 0.25) is 0 Å². The second kappa shape index (κ2) is 5.81. The highest BCUT2D eigenvalue weighted by Gasteiger charge is 2.25. The molecule has 1 fully saturated rings. The minimum absolute atomic E-state index is 0.175. The van der Waals surface area contributed by atoms with Gasteiger partial charge >= 0.3 is 0 Å². The average molecular weight is 291 g/mol. The summed E-state index contributed by atoms with van der Waals surface area (Å²) >= 11 is 0. The van der Waals surface area contributed by atoms with E-state index in [-0.39, 0.29) is 11.7 Å². The Kier molecular flexibility index (Phi) is 3.88. The van der Waals surface area contributed by atoms with Crippen LogP contribution in [-0.2, 0) is 0 Å². The van der Waals surface area contributed by atoms with Crippen molar-refractivity contribution in [2.75, 3.05) is 13.7 Å². The van der Waals surface area contributed by atoms with E-state index in [1.807, 2.05) is 0 Å². The van der Waals surface area contributed by atoms with Crippen molar-refractivity contribution < 1.29 is 13.7 Å². The summed E-state index contributed by atoms with van der Waals surface area (Å²) in [6, 6.07) is 4.99. The molecule has 2 unspecified atom stereocenters. The molecule has 1 aliphatic rings. The number of hydrogen-bond donors (Lipinski definition) is 1. The minimum atomic E-state index is -0.405. The molecule has 112 valence electrons. The fraction of sp³-hybridized carbons (Fsp3) is 0.467. The van der Waals surface area contributed by atoms with E-state index in [4.69, 9.17) is 9.26 Å². The Morgan fingerprint density at radius 3 is 3.05 bits per heavy atom. The predicted octanol–water partition coefficient (Wildman–Crippen LogP) is 2.74. The van der Waals surface area contributed by atoms with Gasteiger partial charge in [0.15, 0.2) is 11.6 Å². The Morgan fingerprint density at radius 2 is 2.29 bits per heavy atom. The van der Waals surface area contributed by atoms with Crippen molar-refractivity contribution in [2.45, 2.75) is 31.7 Å². The van der Waals surface area contributed by atoms with Crippen LogP contribution in [-0.4, -0.2) is 29.8 Å². The van der Waals surface area contributed by atoms with E-state index < -0.39 is 5.82 Å². The minimum Gasteiger partial charge on any atom is -0.494 e. The average Bonchev–Trinajstić information content (AvgIpc) is 2.97. The van der Waals surface area contributed by atoms with Crippen LogP contribution in [0.3, 0.4) is 0 Å². The number of methoxy groups -OCH3 is 1. The van der Waals surface area contributed by atoms with Crippen molar-refractivity contribution in [3.63, 3.8) is 0 Å². The van der Waals surface area contributed by atoms with E-state index in [9.17, 15) is 4.39 Å². The van der Waals surface area contributed by atoms with E-state index in [2.05, 4.69) is 22.4 Å². The molecule has 1 aliphatic heterocycles. The summed E-state index contributed by atoms with van der Waals surface area (Å²) in [5, 5.41) is 7.40. The highest BCUT2D eigenvalue weighted by atomic mass is 19.1. The molecule has 2 atom stereocenters. The van der Waals surface area contributed by atoms with E-state index in [1.165, 1.54) is 13.2 Å². The van der Waals surface area contributed by atoms with Gasteiger partial charge in [-0.3, -0.25) is 0 Å². The van der Waals surface area contributed by atoms with Crippen molar-refractivity contribution in [3.8, 4) is 17.1 Å². The quantitative estimate of drug-likeness (QED) is 0.942. The van der Waals surface area contributed by atoms with Gasteiger partial charge in [-0.05, 0) is 44.5 Å². The van der Waals surface area contributed by atoms with Gasteiger partial charge < -0.3 is 14.6 Å². The zero-order chi connectivity index (χ0) is 14.8. The third kappa shape index (κ3) is 2.90. The maximum atomic E-state index is 13.4. The normalized spacial score (nSPS) is 22.2. The summed E-state index contributed by atoms with van der Waals surface area (Å²) in [6.45, 7) is 3.10. The second-order valence-electron chi connectivity index (χ2n) is 5.38. The van der Waals surface area contributed by atoms with Crippen molar-refractivity contribution in [2.24, 2.45) is 0 Å². The molecule has 6 heteroatoms. The molecule has 21 heavy (non-hydrogen) atoms. The first-order valence-corrected chi connectivity index (χ1v) is 7.08. The number of nitrogens with zero attached hydrogens (tertiary/aromatic N) is 2. The van der Waals surface area contributed by atoms with Crippen molar-refractivity contribution >= 4 is 0 Å². The van der Waals surface area contributed by atoms with Gasteiger partial charge in [0, 0.05) is 17.5 Å². The van der Waals surface area contributed by atoms with Gasteiger partial charge in [-0.2, -0.15) is 4.98 Å². The van der Waals surface area contributed by atoms with E-state index >= 15 is 0 Å². The maximum Gasteiger partial charge on any atom is 0.230 e. The molecule has 1 aromatic heterocycles. The molecule has 0 spiro atoms. The molecule has 0 saturated carbocycles. The second-order valence-corrected chi connectivity index (χ2v) is 5.38. The lowest BCUT2D eigenvalue weighted by Gasteiger charge is -2.25. The molecule has 1 aromatic carbocycles. The zero-order valence-corrected chi connectivity index (χ0v) is 12.1. The zero-order valence-electron chi connectivity index (χ0n) is 12.1. The van der Waals surface area contributed by atoms with Gasteiger partial charge in [0.1, 0.15) is 0 Å². The first-order chi connectivity index (χ1) is 10.2. The molecule has 2 heterocycles. The van der Waals surface area contributed by atoms with Gasteiger partial charge in [0.05, 0.1) is 7.11 Å². The third-order valence-electron chi connectivity index (χ3n) is 3.82. The van der Waals surface area contributed by atoms with Crippen LogP contribution in [0.5, 0.6) is 5.75 Å². The van der Waals surface area contributed by atoms with Crippen LogP contribution in [0.15, 0.2) is 22.7 Å². The number of rotatable bonds is 3. The first-order valence-electron chi connectivity index (χ1n) is 7.08. The lowest BCUT2D eigenvalue weighted by molar-refractivity contribution is 0.295. The van der Waals surface area contributed by atoms with Gasteiger partial charge in [-0.15, -0.1) is 0 Å². The van der Waals surface area contributed by atoms with Crippen molar-refractivity contribution in [3.05, 3.63) is 29.9 Å². The van der Waals surface area contributed by atoms with Crippen LogP contribution in [0.4, 0.5) is 4.39 Å². The van der Waals surface area contributed by atoms with E-state index in [0.29, 0.717) is 23.3 Å². The molecular formula is C15H18FN3O2. The van der Waals surface area contributed by atoms with Gasteiger partial charge in [-0.25, -0.2) is 4.39 Å². The smallest absolute Gasteiger partial charge is 0.230 e. The largest absolute Gasteiger partial charge is 0.494 e. The summed E-state index contributed by atoms with van der Waals surface area (Å²) in [7, 11) is 1.43. The Balaban J connectivity index is 1.84. The van der Waals surface area contributed by atoms with Crippen LogP contribution in [0, 0.1) is 5.82 Å². The summed E-state index contributed by atoms with van der Waals surface area (Å²) in [5.74, 6) is 1.17. The fourth-order valence-electron chi connectivity index (χ4n) is 2.67. The van der Waals surface area contributed by atoms with Crippen LogP contribution >= 0.6 is 0 Å². The first kappa shape index (κ1) is 14.0. The third-order valence-corrected chi connectivity index (χ3v) is 3.82. The van der Waals surface area contributed by atoms with E-state index in [1.54, 1.807) is 12.1 Å². The number of halogens is 1. The Morgan fingerprint density at radius 1 is 1.43 bits per heavy atom. The van der Waals surface area contributed by atoms with Gasteiger partial charge in [-0.1, -0.05) is 5.16 Å². The van der Waals surface area contributed by atoms with E-state index in [0.717, 1.165) is 19.4 Å². The Hall–Kier alpha value is -1.95. The monoisotopic (exact) mass is 291 g/mol. The number of hydrogen-bond acceptors (Lipinski definition) is 5. The standard InChI is InChI=1S/C15H18FN3O2/c1-9-7-11(5-6-17-9)15-18-14(19-21-15)10-3-4-12(16)13(8-10)20-2/h3-4,8-9,11,17H,5-7H2,1-2H3. The summed E-state index contributed by atoms with van der Waals surface area (Å²) in [6.07, 6.45) is 1.97. The van der Waals surface area contributed by atoms with Crippen LogP contribution in [0.25, 0.3) is 11.4 Å². The van der Waals surface area contributed by atoms with Crippen LogP contribution in [0.1, 0.15) is 31.6 Å². The molecule has 5 nitrogen and oxygen atoms in total. The SMILES string of the molecule is COc1cc(-c2noc(C3CCNC(C)C3)n2)ccc1F. The number of piperidine rings is 1. The Labute approximate surface area is 122 Å². The van der Waals surface area contributed by atoms with Gasteiger partial charge in [0.25, 0.3) is 0 Å². The highest BCUT2D eigenvalue weighted by molar-refractivity contribution is 5.57. The molecule has 3 rings (SSSR count). The topological polar surface area (TPSA) is 60.2 Å². The summed E-state index contributed by atoms with van der Waals surface area (Å²) in [4.78, 5) is 4.46. The fourth-order valence-corrected chi connectivity index (χ4v) is 2.67. The van der Waals surface area contributed by atoms with Crippen molar-refractivity contribution in [1.29, 1.82) is 0 Å².